The summed E-state index contributed by atoms with van der Waals surface area (Å²) in [6.07, 6.45) is 0. The van der Waals surface area contributed by atoms with Crippen molar-refractivity contribution in [3.05, 3.63) is 52.4 Å². The zero-order valence-corrected chi connectivity index (χ0v) is 11.9. The molecule has 0 atom stereocenters. The highest BCUT2D eigenvalue weighted by Gasteiger charge is 2.12. The lowest BCUT2D eigenvalue weighted by Gasteiger charge is -2.10. The summed E-state index contributed by atoms with van der Waals surface area (Å²) < 4.78 is 10.7. The van der Waals surface area contributed by atoms with Gasteiger partial charge in [0.05, 0.1) is 5.39 Å². The molecule has 0 fully saturated rings. The first-order valence-corrected chi connectivity index (χ1v) is 6.44. The van der Waals surface area contributed by atoms with Gasteiger partial charge in [-0.05, 0) is 30.5 Å². The van der Waals surface area contributed by atoms with Crippen molar-refractivity contribution < 1.29 is 19.4 Å². The summed E-state index contributed by atoms with van der Waals surface area (Å²) in [7, 11) is 0. The first-order valence-electron chi connectivity index (χ1n) is 6.44. The van der Waals surface area contributed by atoms with Crippen LogP contribution in [0, 0.1) is 6.92 Å². The second kappa shape index (κ2) is 5.87. The molecule has 6 heteroatoms. The predicted molar refractivity (Wildman–Crippen MR) is 83.0 cm³/mol. The minimum absolute atomic E-state index is 0. The molecule has 0 saturated carbocycles. The molecular weight excluding hydrogens is 286 g/mol. The van der Waals surface area contributed by atoms with Gasteiger partial charge in [0.25, 0.3) is 5.91 Å². The average molecular weight is 301 g/mol. The molecule has 2 aromatic carbocycles. The molecule has 1 amide bonds. The molecule has 114 valence electrons. The highest BCUT2D eigenvalue weighted by atomic mass is 16.5. The fourth-order valence-corrected chi connectivity index (χ4v) is 2.37. The summed E-state index contributed by atoms with van der Waals surface area (Å²) in [5.41, 5.74) is 5.79. The summed E-state index contributed by atoms with van der Waals surface area (Å²) in [6.45, 7) is 1.56. The van der Waals surface area contributed by atoms with Gasteiger partial charge < -0.3 is 20.4 Å². The van der Waals surface area contributed by atoms with Crippen LogP contribution >= 0.6 is 0 Å². The van der Waals surface area contributed by atoms with Crippen molar-refractivity contribution in [1.82, 2.24) is 0 Å². The number of benzene rings is 2. The summed E-state index contributed by atoms with van der Waals surface area (Å²) in [5.74, 6) is -0.0887. The molecule has 0 aliphatic carbocycles. The Kier molecular flexibility index (Phi) is 4.14. The highest BCUT2D eigenvalue weighted by Crippen LogP contribution is 2.30. The van der Waals surface area contributed by atoms with Crippen molar-refractivity contribution in [3.63, 3.8) is 0 Å². The number of ether oxygens (including phenoxy) is 1. The van der Waals surface area contributed by atoms with Crippen molar-refractivity contribution >= 4 is 27.6 Å². The van der Waals surface area contributed by atoms with Crippen LogP contribution < -0.4 is 16.1 Å². The van der Waals surface area contributed by atoms with Crippen LogP contribution in [0.15, 0.2) is 45.6 Å². The van der Waals surface area contributed by atoms with Crippen molar-refractivity contribution in [2.45, 2.75) is 6.92 Å². The van der Waals surface area contributed by atoms with Gasteiger partial charge in [-0.25, -0.2) is 4.79 Å². The van der Waals surface area contributed by atoms with Gasteiger partial charge in [0, 0.05) is 10.9 Å². The van der Waals surface area contributed by atoms with Crippen LogP contribution in [0.1, 0.15) is 5.56 Å². The molecule has 0 aliphatic heterocycles. The fraction of sp³-hybridized carbons (Fsp3) is 0.125. The minimum Gasteiger partial charge on any atom is -0.483 e. The van der Waals surface area contributed by atoms with Gasteiger partial charge in [0.1, 0.15) is 11.3 Å². The van der Waals surface area contributed by atoms with E-state index in [-0.39, 0.29) is 12.1 Å². The van der Waals surface area contributed by atoms with Gasteiger partial charge in [0.2, 0.25) is 0 Å². The molecule has 0 unspecified atom stereocenters. The normalized spacial score (nSPS) is 10.4. The SMILES string of the molecule is Cc1c(OCC(N)=O)ccc2c1oc(=O)c1ccccc12.O. The monoisotopic (exact) mass is 301 g/mol. The van der Waals surface area contributed by atoms with E-state index >= 15 is 0 Å². The van der Waals surface area contributed by atoms with E-state index in [2.05, 4.69) is 0 Å². The smallest absolute Gasteiger partial charge is 0.344 e. The highest BCUT2D eigenvalue weighted by molar-refractivity contribution is 6.05. The quantitative estimate of drug-likeness (QED) is 0.580. The Morgan fingerprint density at radius 1 is 1.14 bits per heavy atom. The molecule has 22 heavy (non-hydrogen) atoms. The molecule has 4 N–H and O–H groups in total. The molecule has 1 aromatic heterocycles. The van der Waals surface area contributed by atoms with E-state index in [4.69, 9.17) is 14.9 Å². The molecule has 0 spiro atoms. The van der Waals surface area contributed by atoms with Crippen LogP contribution in [0.3, 0.4) is 0 Å². The largest absolute Gasteiger partial charge is 0.483 e. The lowest BCUT2D eigenvalue weighted by atomic mass is 10.0. The number of hydrogen-bond donors (Lipinski definition) is 1. The second-order valence-corrected chi connectivity index (χ2v) is 4.76. The fourth-order valence-electron chi connectivity index (χ4n) is 2.37. The third-order valence-electron chi connectivity index (χ3n) is 3.36. The Morgan fingerprint density at radius 3 is 2.50 bits per heavy atom. The summed E-state index contributed by atoms with van der Waals surface area (Å²) >= 11 is 0. The second-order valence-electron chi connectivity index (χ2n) is 4.76. The molecule has 1 heterocycles. The topological polar surface area (TPSA) is 114 Å². The van der Waals surface area contributed by atoms with Crippen LogP contribution in [0.25, 0.3) is 21.7 Å². The van der Waals surface area contributed by atoms with Gasteiger partial charge in [-0.15, -0.1) is 0 Å². The Hall–Kier alpha value is -2.86. The van der Waals surface area contributed by atoms with Crippen LogP contribution in [-0.2, 0) is 4.79 Å². The van der Waals surface area contributed by atoms with E-state index < -0.39 is 11.5 Å². The summed E-state index contributed by atoms with van der Waals surface area (Å²) in [4.78, 5) is 22.8. The average Bonchev–Trinajstić information content (AvgIpc) is 2.47. The van der Waals surface area contributed by atoms with Gasteiger partial charge in [-0.3, -0.25) is 4.79 Å². The van der Waals surface area contributed by atoms with Crippen molar-refractivity contribution in [1.29, 1.82) is 0 Å². The zero-order valence-electron chi connectivity index (χ0n) is 11.9. The van der Waals surface area contributed by atoms with Crippen LogP contribution in [0.4, 0.5) is 0 Å². The molecular formula is C16H15NO5. The van der Waals surface area contributed by atoms with Crippen molar-refractivity contribution in [2.75, 3.05) is 6.61 Å². The molecule has 0 bridgehead atoms. The number of primary amides is 1. The van der Waals surface area contributed by atoms with E-state index in [1.54, 1.807) is 25.1 Å². The zero-order chi connectivity index (χ0) is 15.0. The third-order valence-corrected chi connectivity index (χ3v) is 3.36. The molecule has 3 aromatic rings. The Balaban J connectivity index is 0.00000176. The molecule has 0 aliphatic rings. The van der Waals surface area contributed by atoms with E-state index in [0.29, 0.717) is 22.3 Å². The van der Waals surface area contributed by atoms with Crippen molar-refractivity contribution in [3.8, 4) is 5.75 Å². The number of carbonyl (C=O) groups is 1. The summed E-state index contributed by atoms with van der Waals surface area (Å²) in [6, 6.07) is 10.8. The first kappa shape index (κ1) is 15.5. The number of hydrogen-bond acceptors (Lipinski definition) is 4. The van der Waals surface area contributed by atoms with E-state index in [0.717, 1.165) is 10.8 Å². The number of nitrogens with two attached hydrogens (primary N) is 1. The van der Waals surface area contributed by atoms with Gasteiger partial charge in [0.15, 0.2) is 6.61 Å². The molecule has 6 nitrogen and oxygen atoms in total. The number of amides is 1. The third kappa shape index (κ3) is 2.51. The molecule has 3 rings (SSSR count). The maximum atomic E-state index is 12.0. The first-order chi connectivity index (χ1) is 10.1. The standard InChI is InChI=1S/C16H13NO4.H2O/c1-9-13(20-8-14(17)18)7-6-11-10-4-2-3-5-12(10)16(19)21-15(9)11;/h2-7H,8H2,1H3,(H2,17,18);1H2. The number of carbonyl (C=O) groups excluding carboxylic acids is 1. The number of aryl methyl sites for hydroxylation is 1. The predicted octanol–water partition coefficient (Wildman–Crippen LogP) is 1.29. The maximum absolute atomic E-state index is 12.0. The van der Waals surface area contributed by atoms with E-state index in [9.17, 15) is 9.59 Å². The number of rotatable bonds is 3. The minimum atomic E-state index is -0.561. The maximum Gasteiger partial charge on any atom is 0.344 e. The van der Waals surface area contributed by atoms with Crippen LogP contribution in [-0.4, -0.2) is 18.0 Å². The molecule has 0 saturated heterocycles. The summed E-state index contributed by atoms with van der Waals surface area (Å²) in [5, 5.41) is 2.19. The Bertz CT molecular complexity index is 913. The molecule has 0 radical (unpaired) electrons. The van der Waals surface area contributed by atoms with Gasteiger partial charge >= 0.3 is 5.63 Å². The lowest BCUT2D eigenvalue weighted by Crippen LogP contribution is -2.20. The Morgan fingerprint density at radius 2 is 1.82 bits per heavy atom. The van der Waals surface area contributed by atoms with E-state index in [1.165, 1.54) is 0 Å². The van der Waals surface area contributed by atoms with Crippen LogP contribution in [0.2, 0.25) is 0 Å². The Labute approximate surface area is 125 Å². The lowest BCUT2D eigenvalue weighted by molar-refractivity contribution is -0.119. The number of fused-ring (bicyclic) bond motifs is 3. The van der Waals surface area contributed by atoms with Gasteiger partial charge in [-0.2, -0.15) is 0 Å². The van der Waals surface area contributed by atoms with E-state index in [1.807, 2.05) is 18.2 Å². The van der Waals surface area contributed by atoms with Gasteiger partial charge in [-0.1, -0.05) is 18.2 Å². The van der Waals surface area contributed by atoms with Crippen molar-refractivity contribution in [2.24, 2.45) is 5.73 Å². The van der Waals surface area contributed by atoms with Crippen LogP contribution in [0.5, 0.6) is 5.75 Å².